The van der Waals surface area contributed by atoms with E-state index in [0.717, 1.165) is 32.2 Å². The van der Waals surface area contributed by atoms with Crippen LogP contribution in [0.15, 0.2) is 40.7 Å². The zero-order valence-corrected chi connectivity index (χ0v) is 15.2. The first-order valence-electron chi connectivity index (χ1n) is 7.27. The third-order valence-corrected chi connectivity index (χ3v) is 5.24. The quantitative estimate of drug-likeness (QED) is 0.516. The predicted molar refractivity (Wildman–Crippen MR) is 95.7 cm³/mol. The highest BCUT2D eigenvalue weighted by molar-refractivity contribution is 9.10. The molecule has 1 aliphatic heterocycles. The second kappa shape index (κ2) is 9.96. The fourth-order valence-electron chi connectivity index (χ4n) is 2.52. The van der Waals surface area contributed by atoms with Gasteiger partial charge in [-0.05, 0) is 55.1 Å². The average Bonchev–Trinajstić information content (AvgIpc) is 3.09. The maximum atomic E-state index is 10.8. The molecular weight excluding hydrogens is 346 g/mol. The van der Waals surface area contributed by atoms with Crippen LogP contribution in [0.1, 0.15) is 31.1 Å². The number of hydrogen-bond donors (Lipinski definition) is 0. The highest BCUT2D eigenvalue weighted by Gasteiger charge is 2.28. The van der Waals surface area contributed by atoms with Crippen molar-refractivity contribution in [2.75, 3.05) is 6.54 Å². The van der Waals surface area contributed by atoms with E-state index in [1.807, 2.05) is 17.9 Å². The lowest BCUT2D eigenvalue weighted by molar-refractivity contribution is -0.119. The monoisotopic (exact) mass is 369 g/mol. The summed E-state index contributed by atoms with van der Waals surface area (Å²) in [6.45, 7) is 8.87. The summed E-state index contributed by atoms with van der Waals surface area (Å²) in [6, 6.07) is 2.48. The molecule has 2 nitrogen and oxygen atoms in total. The van der Waals surface area contributed by atoms with Gasteiger partial charge in [-0.15, -0.1) is 17.9 Å². The van der Waals surface area contributed by atoms with Crippen LogP contribution in [0.4, 0.5) is 0 Å². The van der Waals surface area contributed by atoms with E-state index in [9.17, 15) is 4.79 Å². The molecule has 1 aliphatic rings. The van der Waals surface area contributed by atoms with Crippen molar-refractivity contribution >= 4 is 33.7 Å². The van der Waals surface area contributed by atoms with E-state index in [0.29, 0.717) is 12.0 Å². The Bertz CT molecular complexity index is 453. The van der Waals surface area contributed by atoms with Gasteiger partial charge in [0, 0.05) is 33.2 Å². The van der Waals surface area contributed by atoms with Gasteiger partial charge in [-0.3, -0.25) is 4.79 Å². The van der Waals surface area contributed by atoms with Crippen LogP contribution in [0.25, 0.3) is 0 Å². The molecule has 1 amide bonds. The Morgan fingerprint density at radius 2 is 2.38 bits per heavy atom. The van der Waals surface area contributed by atoms with Crippen LogP contribution in [0, 0.1) is 12.8 Å². The van der Waals surface area contributed by atoms with E-state index in [-0.39, 0.29) is 0 Å². The summed E-state index contributed by atoms with van der Waals surface area (Å²) in [5, 5.41) is 2.08. The number of rotatable bonds is 5. The van der Waals surface area contributed by atoms with Gasteiger partial charge >= 0.3 is 0 Å². The van der Waals surface area contributed by atoms with Crippen LogP contribution in [0.2, 0.25) is 0 Å². The van der Waals surface area contributed by atoms with Crippen LogP contribution in [-0.2, 0) is 4.79 Å². The molecule has 1 aromatic rings. The van der Waals surface area contributed by atoms with E-state index in [4.69, 9.17) is 0 Å². The second-order valence-electron chi connectivity index (χ2n) is 5.13. The smallest absolute Gasteiger partial charge is 0.209 e. The van der Waals surface area contributed by atoms with Gasteiger partial charge < -0.3 is 4.90 Å². The van der Waals surface area contributed by atoms with Crippen molar-refractivity contribution in [3.63, 3.8) is 0 Å². The molecule has 0 radical (unpaired) electrons. The standard InChI is InChI=1S/C12H19NO.C5H5BrS/c1-3-5-7-11(4-2)12-8-6-9-13(12)10-14;1-4-2-5(6)3-7-4/h3-5,10-12H,2,6-9H2,1H3;2-3H,1H3/b5-3-;. The van der Waals surface area contributed by atoms with Crippen molar-refractivity contribution < 1.29 is 4.79 Å². The minimum atomic E-state index is 0.376. The molecule has 0 spiro atoms. The second-order valence-corrected chi connectivity index (χ2v) is 7.16. The Morgan fingerprint density at radius 3 is 2.81 bits per heavy atom. The summed E-state index contributed by atoms with van der Waals surface area (Å²) in [6.07, 6.45) is 10.4. The molecule has 2 rings (SSSR count). The van der Waals surface area contributed by atoms with Gasteiger partial charge in [-0.25, -0.2) is 0 Å². The van der Waals surface area contributed by atoms with Crippen LogP contribution in [0.5, 0.6) is 0 Å². The number of amides is 1. The highest BCUT2D eigenvalue weighted by Crippen LogP contribution is 2.25. The molecule has 0 saturated carbocycles. The molecule has 21 heavy (non-hydrogen) atoms. The van der Waals surface area contributed by atoms with Crippen LogP contribution in [0.3, 0.4) is 0 Å². The van der Waals surface area contributed by atoms with Crippen LogP contribution in [-0.4, -0.2) is 23.9 Å². The molecule has 1 aromatic heterocycles. The molecule has 0 aromatic carbocycles. The summed E-state index contributed by atoms with van der Waals surface area (Å²) < 4.78 is 1.19. The summed E-state index contributed by atoms with van der Waals surface area (Å²) in [5.41, 5.74) is 0. The third-order valence-electron chi connectivity index (χ3n) is 3.62. The van der Waals surface area contributed by atoms with E-state index in [1.165, 1.54) is 9.35 Å². The molecule has 4 heteroatoms. The Kier molecular flexibility index (Phi) is 8.62. The fraction of sp³-hybridized carbons (Fsp3) is 0.471. The van der Waals surface area contributed by atoms with Crippen LogP contribution >= 0.6 is 27.3 Å². The number of allylic oxidation sites excluding steroid dienone is 2. The highest BCUT2D eigenvalue weighted by atomic mass is 79.9. The van der Waals surface area contributed by atoms with Gasteiger partial charge in [0.05, 0.1) is 0 Å². The third kappa shape index (κ3) is 6.18. The Morgan fingerprint density at radius 1 is 1.62 bits per heavy atom. The first-order valence-corrected chi connectivity index (χ1v) is 8.95. The van der Waals surface area contributed by atoms with Crippen molar-refractivity contribution in [2.45, 2.75) is 39.2 Å². The topological polar surface area (TPSA) is 20.3 Å². The summed E-state index contributed by atoms with van der Waals surface area (Å²) in [4.78, 5) is 14.1. The molecule has 1 fully saturated rings. The number of nitrogens with zero attached hydrogens (tertiary/aromatic N) is 1. The number of halogens is 1. The molecule has 0 N–H and O–H groups in total. The SMILES string of the molecule is C=CC(C/C=C\C)C1CCCN1C=O.Cc1cc(Br)cs1. The summed E-state index contributed by atoms with van der Waals surface area (Å²) in [5.74, 6) is 0.416. The van der Waals surface area contributed by atoms with Crippen molar-refractivity contribution in [1.82, 2.24) is 4.90 Å². The summed E-state index contributed by atoms with van der Waals surface area (Å²) >= 11 is 5.10. The lowest BCUT2D eigenvalue weighted by Crippen LogP contribution is -2.33. The number of thiophene rings is 1. The zero-order valence-electron chi connectivity index (χ0n) is 12.8. The Balaban J connectivity index is 0.000000262. The van der Waals surface area contributed by atoms with Crippen molar-refractivity contribution in [3.05, 3.63) is 45.6 Å². The predicted octanol–water partition coefficient (Wildman–Crippen LogP) is 5.19. The fourth-order valence-corrected chi connectivity index (χ4v) is 3.86. The number of carbonyl (C=O) groups is 1. The minimum Gasteiger partial charge on any atom is -0.342 e. The van der Waals surface area contributed by atoms with Gasteiger partial charge in [0.2, 0.25) is 6.41 Å². The average molecular weight is 370 g/mol. The first kappa shape index (κ1) is 18.2. The molecule has 0 bridgehead atoms. The first-order chi connectivity index (χ1) is 10.1. The minimum absolute atomic E-state index is 0.376. The van der Waals surface area contributed by atoms with Gasteiger partial charge in [-0.1, -0.05) is 18.2 Å². The lowest BCUT2D eigenvalue weighted by atomic mass is 9.94. The van der Waals surface area contributed by atoms with Gasteiger partial charge in [0.15, 0.2) is 0 Å². The number of hydrogen-bond acceptors (Lipinski definition) is 2. The van der Waals surface area contributed by atoms with Crippen LogP contribution < -0.4 is 0 Å². The van der Waals surface area contributed by atoms with Gasteiger partial charge in [0.1, 0.15) is 0 Å². The van der Waals surface area contributed by atoms with Gasteiger partial charge in [-0.2, -0.15) is 0 Å². The largest absolute Gasteiger partial charge is 0.342 e. The van der Waals surface area contributed by atoms with Crippen molar-refractivity contribution in [3.8, 4) is 0 Å². The molecule has 1 saturated heterocycles. The number of aryl methyl sites for hydroxylation is 1. The maximum Gasteiger partial charge on any atom is 0.209 e. The molecule has 116 valence electrons. The number of carbonyl (C=O) groups excluding carboxylic acids is 1. The zero-order chi connectivity index (χ0) is 15.7. The van der Waals surface area contributed by atoms with Gasteiger partial charge in [0.25, 0.3) is 0 Å². The number of likely N-dealkylation sites (tertiary alicyclic amines) is 1. The van der Waals surface area contributed by atoms with E-state index < -0.39 is 0 Å². The molecule has 2 heterocycles. The van der Waals surface area contributed by atoms with E-state index in [1.54, 1.807) is 11.3 Å². The molecule has 2 unspecified atom stereocenters. The Hall–Kier alpha value is -0.870. The molecular formula is C17H24BrNOS. The van der Waals surface area contributed by atoms with E-state index in [2.05, 4.69) is 53.0 Å². The van der Waals surface area contributed by atoms with E-state index >= 15 is 0 Å². The normalized spacial score (nSPS) is 19.2. The lowest BCUT2D eigenvalue weighted by Gasteiger charge is -2.26. The molecule has 0 aliphatic carbocycles. The van der Waals surface area contributed by atoms with Crippen molar-refractivity contribution in [1.29, 1.82) is 0 Å². The van der Waals surface area contributed by atoms with Crippen molar-refractivity contribution in [2.24, 2.45) is 5.92 Å². The molecule has 2 atom stereocenters. The maximum absolute atomic E-state index is 10.8. The Labute approximate surface area is 140 Å². The summed E-state index contributed by atoms with van der Waals surface area (Å²) in [7, 11) is 0.